The van der Waals surface area contributed by atoms with Crippen LogP contribution >= 0.6 is 0 Å². The van der Waals surface area contributed by atoms with Gasteiger partial charge in [-0.1, -0.05) is 6.92 Å². The first kappa shape index (κ1) is 6.99. The maximum Gasteiger partial charge on any atom is 0.254 e. The normalized spacial score (nSPS) is 9.80. The van der Waals surface area contributed by atoms with E-state index in [0.717, 1.165) is 0 Å². The maximum absolute atomic E-state index is 12.6. The summed E-state index contributed by atoms with van der Waals surface area (Å²) in [7, 11) is 0. The van der Waals surface area contributed by atoms with Gasteiger partial charge in [-0.3, -0.25) is 4.79 Å². The molecule has 2 nitrogen and oxygen atoms in total. The van der Waals surface area contributed by atoms with Gasteiger partial charge in [0.1, 0.15) is 5.82 Å². The molecule has 54 valence electrons. The summed E-state index contributed by atoms with van der Waals surface area (Å²) in [5.41, 5.74) is -0.106. The zero-order valence-corrected chi connectivity index (χ0v) is 5.65. The highest BCUT2D eigenvalue weighted by molar-refractivity contribution is 5.11. The van der Waals surface area contributed by atoms with E-state index in [1.165, 1.54) is 12.3 Å². The van der Waals surface area contributed by atoms with E-state index in [2.05, 4.69) is 4.98 Å². The van der Waals surface area contributed by atoms with Crippen LogP contribution in [0.5, 0.6) is 0 Å². The number of nitrogens with one attached hydrogen (secondary N) is 1. The van der Waals surface area contributed by atoms with Gasteiger partial charge in [-0.15, -0.1) is 0 Å². The van der Waals surface area contributed by atoms with Crippen LogP contribution < -0.4 is 5.56 Å². The lowest BCUT2D eigenvalue weighted by atomic mass is 10.2. The molecule has 0 saturated carbocycles. The first-order chi connectivity index (χ1) is 4.75. The molecule has 1 aromatic rings. The van der Waals surface area contributed by atoms with Crippen molar-refractivity contribution in [3.05, 3.63) is 34.0 Å². The molecule has 1 heterocycles. The molecule has 0 amide bonds. The van der Waals surface area contributed by atoms with Gasteiger partial charge in [-0.25, -0.2) is 4.39 Å². The fourth-order valence-electron chi connectivity index (χ4n) is 0.816. The lowest BCUT2D eigenvalue weighted by molar-refractivity contribution is 0.606. The molecular weight excluding hydrogens is 133 g/mol. The van der Waals surface area contributed by atoms with E-state index >= 15 is 0 Å². The molecule has 3 heteroatoms. The Kier molecular flexibility index (Phi) is 1.85. The van der Waals surface area contributed by atoms with Crippen molar-refractivity contribution in [3.63, 3.8) is 0 Å². The van der Waals surface area contributed by atoms with Crippen LogP contribution in [0.4, 0.5) is 4.39 Å². The molecule has 0 aliphatic heterocycles. The van der Waals surface area contributed by atoms with Crippen molar-refractivity contribution in [1.82, 2.24) is 4.98 Å². The molecule has 0 fully saturated rings. The van der Waals surface area contributed by atoms with Crippen molar-refractivity contribution in [2.45, 2.75) is 13.3 Å². The van der Waals surface area contributed by atoms with Gasteiger partial charge < -0.3 is 4.98 Å². The van der Waals surface area contributed by atoms with Crippen LogP contribution in [-0.2, 0) is 6.42 Å². The molecule has 0 aliphatic rings. The summed E-state index contributed by atoms with van der Waals surface area (Å²) in [6.45, 7) is 1.74. The van der Waals surface area contributed by atoms with Gasteiger partial charge in [0.05, 0.1) is 5.56 Å². The van der Waals surface area contributed by atoms with Gasteiger partial charge in [0.2, 0.25) is 0 Å². The Labute approximate surface area is 57.7 Å². The highest BCUT2D eigenvalue weighted by Gasteiger charge is 2.01. The standard InChI is InChI=1S/C7H8FNO/c1-2-5-6(8)3-4-9-7(5)10/h3-4H,2H2,1H3,(H,9,10). The lowest BCUT2D eigenvalue weighted by Crippen LogP contribution is -2.12. The molecule has 0 aliphatic carbocycles. The van der Waals surface area contributed by atoms with Crippen LogP contribution in [0.2, 0.25) is 0 Å². The summed E-state index contributed by atoms with van der Waals surface area (Å²) in [6, 6.07) is 1.25. The third kappa shape index (κ3) is 1.07. The second kappa shape index (κ2) is 2.64. The highest BCUT2D eigenvalue weighted by Crippen LogP contribution is 1.98. The zero-order valence-electron chi connectivity index (χ0n) is 5.65. The van der Waals surface area contributed by atoms with Crippen molar-refractivity contribution in [3.8, 4) is 0 Å². The number of H-pyrrole nitrogens is 1. The molecular formula is C7H8FNO. The molecule has 0 spiro atoms. The number of halogens is 1. The molecule has 0 aromatic carbocycles. The number of aromatic amines is 1. The molecule has 0 unspecified atom stereocenters. The van der Waals surface area contributed by atoms with Gasteiger partial charge >= 0.3 is 0 Å². The van der Waals surface area contributed by atoms with E-state index in [9.17, 15) is 9.18 Å². The second-order valence-electron chi connectivity index (χ2n) is 1.99. The summed E-state index contributed by atoms with van der Waals surface area (Å²) >= 11 is 0. The molecule has 0 bridgehead atoms. The van der Waals surface area contributed by atoms with Crippen molar-refractivity contribution < 1.29 is 4.39 Å². The van der Waals surface area contributed by atoms with Gasteiger partial charge in [0.25, 0.3) is 5.56 Å². The van der Waals surface area contributed by atoms with Gasteiger partial charge in [0, 0.05) is 6.20 Å². The molecule has 0 atom stereocenters. The average Bonchev–Trinajstić information content (AvgIpc) is 1.88. The van der Waals surface area contributed by atoms with E-state index in [-0.39, 0.29) is 11.1 Å². The number of aromatic nitrogens is 1. The Morgan fingerprint density at radius 1 is 1.70 bits per heavy atom. The molecule has 1 N–H and O–H groups in total. The summed E-state index contributed by atoms with van der Waals surface area (Å²) in [5.74, 6) is -0.425. The Bertz CT molecular complexity index is 279. The van der Waals surface area contributed by atoms with Crippen molar-refractivity contribution in [2.75, 3.05) is 0 Å². The topological polar surface area (TPSA) is 32.9 Å². The largest absolute Gasteiger partial charge is 0.329 e. The minimum atomic E-state index is -0.425. The fourth-order valence-corrected chi connectivity index (χ4v) is 0.816. The monoisotopic (exact) mass is 141 g/mol. The third-order valence-electron chi connectivity index (χ3n) is 1.36. The summed E-state index contributed by atoms with van der Waals surface area (Å²) < 4.78 is 12.6. The fraction of sp³-hybridized carbons (Fsp3) is 0.286. The summed E-state index contributed by atoms with van der Waals surface area (Å²) in [5, 5.41) is 0. The second-order valence-corrected chi connectivity index (χ2v) is 1.99. The predicted molar refractivity (Wildman–Crippen MR) is 36.4 cm³/mol. The first-order valence-corrected chi connectivity index (χ1v) is 3.11. The Morgan fingerprint density at radius 3 is 2.80 bits per heavy atom. The highest BCUT2D eigenvalue weighted by atomic mass is 19.1. The first-order valence-electron chi connectivity index (χ1n) is 3.11. The SMILES string of the molecule is CCc1c(F)cc[nH]c1=O. The number of rotatable bonds is 1. The maximum atomic E-state index is 12.6. The molecule has 0 radical (unpaired) electrons. The van der Waals surface area contributed by atoms with Crippen molar-refractivity contribution in [1.29, 1.82) is 0 Å². The minimum Gasteiger partial charge on any atom is -0.329 e. The van der Waals surface area contributed by atoms with Gasteiger partial charge in [-0.2, -0.15) is 0 Å². The van der Waals surface area contributed by atoms with Gasteiger partial charge in [0.15, 0.2) is 0 Å². The average molecular weight is 141 g/mol. The van der Waals surface area contributed by atoms with Crippen LogP contribution in [0.1, 0.15) is 12.5 Å². The molecule has 0 saturated heterocycles. The van der Waals surface area contributed by atoms with Crippen molar-refractivity contribution >= 4 is 0 Å². The zero-order chi connectivity index (χ0) is 7.56. The minimum absolute atomic E-state index is 0.225. The van der Waals surface area contributed by atoms with Crippen LogP contribution in [0.15, 0.2) is 17.1 Å². The van der Waals surface area contributed by atoms with Crippen LogP contribution in [0.25, 0.3) is 0 Å². The predicted octanol–water partition coefficient (Wildman–Crippen LogP) is 1.08. The summed E-state index contributed by atoms with van der Waals surface area (Å²) in [4.78, 5) is 13.2. The van der Waals surface area contributed by atoms with E-state index in [4.69, 9.17) is 0 Å². The number of hydrogen-bond acceptors (Lipinski definition) is 1. The Morgan fingerprint density at radius 2 is 2.40 bits per heavy atom. The van der Waals surface area contributed by atoms with E-state index in [0.29, 0.717) is 6.42 Å². The van der Waals surface area contributed by atoms with Crippen LogP contribution in [0, 0.1) is 5.82 Å². The number of hydrogen-bond donors (Lipinski definition) is 1. The summed E-state index contributed by atoms with van der Waals surface area (Å²) in [6.07, 6.45) is 1.73. The molecule has 10 heavy (non-hydrogen) atoms. The number of pyridine rings is 1. The van der Waals surface area contributed by atoms with Crippen molar-refractivity contribution in [2.24, 2.45) is 0 Å². The smallest absolute Gasteiger partial charge is 0.254 e. The van der Waals surface area contributed by atoms with E-state index in [1.807, 2.05) is 0 Å². The van der Waals surface area contributed by atoms with Crippen LogP contribution in [-0.4, -0.2) is 4.98 Å². The Balaban J connectivity index is 3.31. The molecule has 1 rings (SSSR count). The molecule has 1 aromatic heterocycles. The van der Waals surface area contributed by atoms with E-state index in [1.54, 1.807) is 6.92 Å². The lowest BCUT2D eigenvalue weighted by Gasteiger charge is -1.94. The van der Waals surface area contributed by atoms with E-state index < -0.39 is 5.82 Å². The third-order valence-corrected chi connectivity index (χ3v) is 1.36. The van der Waals surface area contributed by atoms with Crippen LogP contribution in [0.3, 0.4) is 0 Å². The quantitative estimate of drug-likeness (QED) is 0.623. The Hall–Kier alpha value is -1.12. The van der Waals surface area contributed by atoms with Gasteiger partial charge in [-0.05, 0) is 12.5 Å².